The predicted molar refractivity (Wildman–Crippen MR) is 186 cm³/mol. The molecule has 53 heavy (non-hydrogen) atoms. The molecule has 1 heterocycles. The molecule has 4 rings (SSSR count). The van der Waals surface area contributed by atoms with E-state index in [1.54, 1.807) is 50.2 Å². The zero-order chi connectivity index (χ0) is 39.1. The van der Waals surface area contributed by atoms with Gasteiger partial charge in [-0.05, 0) is 35.7 Å². The number of rotatable bonds is 13. The van der Waals surface area contributed by atoms with Crippen LogP contribution in [0.4, 0.5) is 0 Å². The van der Waals surface area contributed by atoms with Crippen molar-refractivity contribution < 1.29 is 57.7 Å². The van der Waals surface area contributed by atoms with Crippen molar-refractivity contribution in [2.75, 3.05) is 6.54 Å². The first-order valence-corrected chi connectivity index (χ1v) is 16.3. The average molecular weight is 728 g/mol. The molecule has 3 atom stereocenters. The van der Waals surface area contributed by atoms with Crippen molar-refractivity contribution in [2.45, 2.75) is 46.7 Å². The van der Waals surface area contributed by atoms with Gasteiger partial charge in [0, 0.05) is 44.1 Å². The summed E-state index contributed by atoms with van der Waals surface area (Å²) in [6.45, 7) is 5.57. The lowest BCUT2D eigenvalue weighted by atomic mass is 9.86. The molecule has 1 unspecified atom stereocenters. The van der Waals surface area contributed by atoms with Crippen LogP contribution in [0.3, 0.4) is 0 Å². The molecule has 1 aliphatic heterocycles. The van der Waals surface area contributed by atoms with Crippen molar-refractivity contribution in [1.29, 1.82) is 0 Å². The van der Waals surface area contributed by atoms with Gasteiger partial charge in [-0.2, -0.15) is 0 Å². The highest BCUT2D eigenvalue weighted by Crippen LogP contribution is 2.43. The number of ether oxygens (including phenoxy) is 3. The van der Waals surface area contributed by atoms with Crippen molar-refractivity contribution >= 4 is 53.0 Å². The van der Waals surface area contributed by atoms with Gasteiger partial charge in [0.05, 0.1) is 12.2 Å². The van der Waals surface area contributed by atoms with Gasteiger partial charge in [0.15, 0.2) is 17.3 Å². The number of carbonyl (C=O) groups is 8. The number of carboxylic acid groups (broad SMARTS) is 1. The molecule has 15 heteroatoms. The highest BCUT2D eigenvalue weighted by atomic mass is 16.6. The number of ketones is 2. The molecule has 0 saturated heterocycles. The Kier molecular flexibility index (Phi) is 12.4. The van der Waals surface area contributed by atoms with E-state index in [4.69, 9.17) is 19.9 Å². The van der Waals surface area contributed by atoms with E-state index >= 15 is 0 Å². The summed E-state index contributed by atoms with van der Waals surface area (Å²) in [5.74, 6) is -12.4. The number of Topliss-reactive ketones (excluding diaryl/α,β-unsaturated/α-hetero) is 2. The topological polar surface area (TPSA) is 217 Å². The molecule has 0 aliphatic carbocycles. The first-order valence-electron chi connectivity index (χ1n) is 16.3. The summed E-state index contributed by atoms with van der Waals surface area (Å²) in [5, 5.41) is 9.69. The van der Waals surface area contributed by atoms with Crippen molar-refractivity contribution in [1.82, 2.24) is 9.80 Å². The predicted octanol–water partition coefficient (Wildman–Crippen LogP) is 3.31. The smallest absolute Gasteiger partial charge is 0.373 e. The van der Waals surface area contributed by atoms with Gasteiger partial charge in [-0.3, -0.25) is 33.6 Å². The molecule has 3 aromatic carbocycles. The zero-order valence-electron chi connectivity index (χ0n) is 29.4. The molecule has 0 spiro atoms. The third-order valence-corrected chi connectivity index (χ3v) is 8.03. The number of nitrogens with zero attached hydrogens (tertiary/aromatic N) is 2. The molecule has 0 saturated carbocycles. The molecule has 15 nitrogen and oxygen atoms in total. The molecule has 0 radical (unpaired) electrons. The summed E-state index contributed by atoms with van der Waals surface area (Å²) in [6.07, 6.45) is 1.26. The first kappa shape index (κ1) is 39.3. The van der Waals surface area contributed by atoms with Crippen LogP contribution >= 0.6 is 0 Å². The van der Waals surface area contributed by atoms with Crippen LogP contribution < -0.4 is 19.9 Å². The Morgan fingerprint density at radius 2 is 1.30 bits per heavy atom. The fourth-order valence-electron chi connectivity index (χ4n) is 5.79. The van der Waals surface area contributed by atoms with Crippen LogP contribution in [-0.4, -0.2) is 74.8 Å². The normalized spacial score (nSPS) is 15.2. The molecule has 276 valence electrons. The molecule has 3 aromatic rings. The van der Waals surface area contributed by atoms with Crippen molar-refractivity contribution in [3.8, 4) is 17.2 Å². The molecule has 3 N–H and O–H groups in total. The van der Waals surface area contributed by atoms with Crippen molar-refractivity contribution in [3.05, 3.63) is 95.7 Å². The maximum Gasteiger partial charge on any atom is 0.373 e. The number of aliphatic carboxylic acids is 1. The number of hydrogen-bond acceptors (Lipinski definition) is 12. The standard InChI is InChI=1S/C38H37N3O12/c1-20(2)33-37(48)40(19-28(45)31(34(46)38(49)50)32(39)24-12-8-6-9-13-24)27(18-41(33)36(47)25-14-10-7-11-15-25)26-16-29(51-21(3)42)35(53-23(5)44)30(17-26)52-22(4)43/h6-18,20,31-33H,19,39H2,1-5H3,(H,49,50)/t31-,32?,33+/m1/s1. The summed E-state index contributed by atoms with van der Waals surface area (Å²) in [4.78, 5) is 106. The number of amides is 2. The van der Waals surface area contributed by atoms with Crippen LogP contribution in [0.15, 0.2) is 79.0 Å². The minimum absolute atomic E-state index is 0.0870. The minimum Gasteiger partial charge on any atom is -0.475 e. The Hall–Kier alpha value is -6.48. The fourth-order valence-corrected chi connectivity index (χ4v) is 5.79. The monoisotopic (exact) mass is 727 g/mol. The van der Waals surface area contributed by atoms with Crippen LogP contribution in [0, 0.1) is 11.8 Å². The first-order chi connectivity index (χ1) is 25.0. The summed E-state index contributed by atoms with van der Waals surface area (Å²) in [6, 6.07) is 15.5. The van der Waals surface area contributed by atoms with Crippen LogP contribution in [0.2, 0.25) is 0 Å². The number of hydrogen-bond donors (Lipinski definition) is 2. The third kappa shape index (κ3) is 9.07. The SMILES string of the molecule is CC(=O)Oc1cc(C2=CN(C(=O)c3ccccc3)[C@@H](C(C)C)C(=O)N2CC(=O)[C@@H](C(=O)C(=O)O)C(N)c2ccccc2)cc(OC(C)=O)c1OC(C)=O. The number of carboxylic acids is 1. The molecular formula is C38H37N3O12. The number of esters is 3. The molecule has 2 amide bonds. The number of benzene rings is 3. The number of nitrogens with two attached hydrogens (primary N) is 1. The van der Waals surface area contributed by atoms with Crippen LogP contribution in [0.5, 0.6) is 17.2 Å². The lowest BCUT2D eigenvalue weighted by Gasteiger charge is -2.41. The van der Waals surface area contributed by atoms with Gasteiger partial charge < -0.3 is 34.9 Å². The fraction of sp³-hybridized carbons (Fsp3) is 0.263. The Bertz CT molecular complexity index is 1950. The van der Waals surface area contributed by atoms with Gasteiger partial charge in [0.2, 0.25) is 5.75 Å². The Morgan fingerprint density at radius 1 is 0.792 bits per heavy atom. The van der Waals surface area contributed by atoms with Gasteiger partial charge in [0.1, 0.15) is 12.0 Å². The van der Waals surface area contributed by atoms with Crippen LogP contribution in [0.1, 0.15) is 62.1 Å². The third-order valence-electron chi connectivity index (χ3n) is 8.03. The summed E-state index contributed by atoms with van der Waals surface area (Å²) >= 11 is 0. The van der Waals surface area contributed by atoms with Crippen molar-refractivity contribution in [3.63, 3.8) is 0 Å². The van der Waals surface area contributed by atoms with Crippen LogP contribution in [0.25, 0.3) is 5.70 Å². The van der Waals surface area contributed by atoms with Gasteiger partial charge in [-0.25, -0.2) is 4.79 Å². The molecule has 0 aromatic heterocycles. The maximum atomic E-state index is 14.6. The number of carbonyl (C=O) groups excluding carboxylic acids is 7. The maximum absolute atomic E-state index is 14.6. The molecule has 1 aliphatic rings. The quantitative estimate of drug-likeness (QED) is 0.112. The van der Waals surface area contributed by atoms with E-state index in [0.29, 0.717) is 0 Å². The van der Waals surface area contributed by atoms with Gasteiger partial charge in [0.25, 0.3) is 17.6 Å². The van der Waals surface area contributed by atoms with Gasteiger partial charge in [-0.1, -0.05) is 62.4 Å². The second-order valence-electron chi connectivity index (χ2n) is 12.3. The summed E-state index contributed by atoms with van der Waals surface area (Å²) in [5.41, 5.74) is 6.54. The Morgan fingerprint density at radius 3 is 1.77 bits per heavy atom. The van der Waals surface area contributed by atoms with E-state index in [-0.39, 0.29) is 22.4 Å². The minimum atomic E-state index is -1.95. The van der Waals surface area contributed by atoms with Crippen LogP contribution in [-0.2, 0) is 33.6 Å². The van der Waals surface area contributed by atoms with Gasteiger partial charge >= 0.3 is 23.9 Å². The lowest BCUT2D eigenvalue weighted by Crippen LogP contribution is -2.56. The van der Waals surface area contributed by atoms with Gasteiger partial charge in [-0.15, -0.1) is 0 Å². The Balaban J connectivity index is 1.99. The summed E-state index contributed by atoms with van der Waals surface area (Å²) < 4.78 is 15.8. The molecule has 0 bridgehead atoms. The largest absolute Gasteiger partial charge is 0.475 e. The van der Waals surface area contributed by atoms with E-state index in [1.807, 2.05) is 0 Å². The molecular weight excluding hydrogens is 690 g/mol. The van der Waals surface area contributed by atoms with E-state index in [1.165, 1.54) is 30.5 Å². The highest BCUT2D eigenvalue weighted by molar-refractivity contribution is 6.38. The van der Waals surface area contributed by atoms with E-state index < -0.39 is 95.0 Å². The van der Waals surface area contributed by atoms with E-state index in [0.717, 1.165) is 42.7 Å². The Labute approximate surface area is 303 Å². The van der Waals surface area contributed by atoms with E-state index in [9.17, 15) is 43.5 Å². The van der Waals surface area contributed by atoms with Crippen molar-refractivity contribution in [2.24, 2.45) is 17.6 Å². The van der Waals surface area contributed by atoms with E-state index in [2.05, 4.69) is 0 Å². The second-order valence-corrected chi connectivity index (χ2v) is 12.3. The zero-order valence-corrected chi connectivity index (χ0v) is 29.4. The summed E-state index contributed by atoms with van der Waals surface area (Å²) in [7, 11) is 0. The average Bonchev–Trinajstić information content (AvgIpc) is 3.09. The lowest BCUT2D eigenvalue weighted by molar-refractivity contribution is -0.154. The molecule has 0 fully saturated rings. The highest BCUT2D eigenvalue weighted by Gasteiger charge is 2.44. The second kappa shape index (κ2) is 16.7.